The second kappa shape index (κ2) is 4.40. The summed E-state index contributed by atoms with van der Waals surface area (Å²) >= 11 is 0. The van der Waals surface area contributed by atoms with Gasteiger partial charge >= 0.3 is 0 Å². The Morgan fingerprint density at radius 2 is 2.06 bits per heavy atom. The van der Waals surface area contributed by atoms with Gasteiger partial charge in [-0.25, -0.2) is 9.37 Å². The second-order valence-corrected chi connectivity index (χ2v) is 4.76. The van der Waals surface area contributed by atoms with Crippen LogP contribution < -0.4 is 5.73 Å². The van der Waals surface area contributed by atoms with E-state index in [0.717, 1.165) is 18.7 Å². The minimum Gasteiger partial charge on any atom is -0.396 e. The Morgan fingerprint density at radius 1 is 1.28 bits per heavy atom. The first-order valence-corrected chi connectivity index (χ1v) is 6.22. The number of aromatic nitrogens is 3. The molecule has 18 heavy (non-hydrogen) atoms. The number of anilines is 1. The number of nitrogens with two attached hydrogens (primary N) is 1. The molecule has 0 aliphatic heterocycles. The van der Waals surface area contributed by atoms with Crippen molar-refractivity contribution in [3.8, 4) is 11.4 Å². The molecule has 0 radical (unpaired) electrons. The topological polar surface area (TPSA) is 67.6 Å². The molecule has 3 rings (SSSR count). The molecule has 3 N–H and O–H groups in total. The van der Waals surface area contributed by atoms with Gasteiger partial charge in [-0.05, 0) is 31.0 Å². The smallest absolute Gasteiger partial charge is 0.181 e. The van der Waals surface area contributed by atoms with E-state index in [2.05, 4.69) is 15.2 Å². The molecule has 4 nitrogen and oxygen atoms in total. The van der Waals surface area contributed by atoms with Crippen molar-refractivity contribution >= 4 is 5.69 Å². The van der Waals surface area contributed by atoms with E-state index in [4.69, 9.17) is 5.73 Å². The minimum atomic E-state index is -0.431. The molecule has 1 fully saturated rings. The molecule has 0 spiro atoms. The summed E-state index contributed by atoms with van der Waals surface area (Å²) in [6.45, 7) is 0. The molecule has 1 aliphatic rings. The number of halogens is 1. The molecule has 0 unspecified atom stereocenters. The van der Waals surface area contributed by atoms with E-state index in [9.17, 15) is 4.39 Å². The van der Waals surface area contributed by atoms with Crippen LogP contribution in [-0.2, 0) is 0 Å². The van der Waals surface area contributed by atoms with Crippen molar-refractivity contribution in [2.75, 3.05) is 5.73 Å². The van der Waals surface area contributed by atoms with Crippen molar-refractivity contribution in [1.82, 2.24) is 15.2 Å². The normalized spacial score (nSPS) is 16.3. The van der Waals surface area contributed by atoms with Crippen LogP contribution >= 0.6 is 0 Å². The van der Waals surface area contributed by atoms with E-state index in [0.29, 0.717) is 17.3 Å². The van der Waals surface area contributed by atoms with Crippen LogP contribution in [0.2, 0.25) is 0 Å². The van der Waals surface area contributed by atoms with E-state index in [1.807, 2.05) is 0 Å². The monoisotopic (exact) mass is 246 g/mol. The van der Waals surface area contributed by atoms with Gasteiger partial charge in [0.05, 0.1) is 5.69 Å². The van der Waals surface area contributed by atoms with Gasteiger partial charge in [0, 0.05) is 11.5 Å². The van der Waals surface area contributed by atoms with Gasteiger partial charge in [0.1, 0.15) is 11.6 Å². The largest absolute Gasteiger partial charge is 0.396 e. The summed E-state index contributed by atoms with van der Waals surface area (Å²) in [6.07, 6.45) is 4.81. The average molecular weight is 246 g/mol. The number of hydrogen-bond donors (Lipinski definition) is 2. The number of rotatable bonds is 2. The lowest BCUT2D eigenvalue weighted by atomic mass is 10.1. The highest BCUT2D eigenvalue weighted by atomic mass is 19.1. The van der Waals surface area contributed by atoms with Gasteiger partial charge in [-0.15, -0.1) is 0 Å². The summed E-state index contributed by atoms with van der Waals surface area (Å²) in [4.78, 5) is 4.46. The lowest BCUT2D eigenvalue weighted by Crippen LogP contribution is -1.95. The van der Waals surface area contributed by atoms with Crippen LogP contribution in [0.4, 0.5) is 10.1 Å². The van der Waals surface area contributed by atoms with Crippen molar-refractivity contribution in [1.29, 1.82) is 0 Å². The molecular weight excluding hydrogens is 231 g/mol. The van der Waals surface area contributed by atoms with Gasteiger partial charge in [-0.3, -0.25) is 5.10 Å². The molecular formula is C13H15FN4. The van der Waals surface area contributed by atoms with E-state index >= 15 is 0 Å². The van der Waals surface area contributed by atoms with E-state index in [-0.39, 0.29) is 5.69 Å². The molecule has 0 bridgehead atoms. The summed E-state index contributed by atoms with van der Waals surface area (Å²) in [6, 6.07) is 4.65. The number of hydrogen-bond acceptors (Lipinski definition) is 3. The Morgan fingerprint density at radius 3 is 2.78 bits per heavy atom. The highest BCUT2D eigenvalue weighted by Gasteiger charge is 2.21. The van der Waals surface area contributed by atoms with Gasteiger partial charge in [-0.1, -0.05) is 12.8 Å². The van der Waals surface area contributed by atoms with Crippen molar-refractivity contribution < 1.29 is 4.39 Å². The summed E-state index contributed by atoms with van der Waals surface area (Å²) < 4.78 is 13.4. The molecule has 1 aromatic heterocycles. The number of benzene rings is 1. The first-order chi connectivity index (χ1) is 8.74. The Balaban J connectivity index is 1.89. The number of aromatic amines is 1. The van der Waals surface area contributed by atoms with Crippen molar-refractivity contribution in [2.24, 2.45) is 0 Å². The fourth-order valence-corrected chi connectivity index (χ4v) is 2.45. The minimum absolute atomic E-state index is 0.144. The average Bonchev–Trinajstić information content (AvgIpc) is 3.01. The lowest BCUT2D eigenvalue weighted by molar-refractivity contribution is 0.633. The van der Waals surface area contributed by atoms with E-state index in [1.165, 1.54) is 25.0 Å². The van der Waals surface area contributed by atoms with Gasteiger partial charge < -0.3 is 5.73 Å². The van der Waals surface area contributed by atoms with Crippen LogP contribution in [0.3, 0.4) is 0 Å². The summed E-state index contributed by atoms with van der Waals surface area (Å²) in [5.74, 6) is 1.50. The van der Waals surface area contributed by atoms with Crippen LogP contribution in [0.5, 0.6) is 0 Å². The fourth-order valence-electron chi connectivity index (χ4n) is 2.45. The Labute approximate surface area is 104 Å². The van der Waals surface area contributed by atoms with Crippen LogP contribution in [-0.4, -0.2) is 15.2 Å². The van der Waals surface area contributed by atoms with Crippen molar-refractivity contribution in [3.05, 3.63) is 29.8 Å². The molecule has 5 heteroatoms. The van der Waals surface area contributed by atoms with Crippen molar-refractivity contribution in [2.45, 2.75) is 31.6 Å². The zero-order valence-corrected chi connectivity index (χ0v) is 9.99. The van der Waals surface area contributed by atoms with Crippen LogP contribution in [0.25, 0.3) is 11.4 Å². The van der Waals surface area contributed by atoms with Crippen LogP contribution in [0.15, 0.2) is 18.2 Å². The number of nitrogens with zero attached hydrogens (tertiary/aromatic N) is 2. The Kier molecular flexibility index (Phi) is 2.74. The van der Waals surface area contributed by atoms with Gasteiger partial charge in [-0.2, -0.15) is 5.10 Å². The maximum Gasteiger partial charge on any atom is 0.181 e. The predicted octanol–water partition coefficient (Wildman–Crippen LogP) is 2.85. The molecule has 2 aromatic rings. The lowest BCUT2D eigenvalue weighted by Gasteiger charge is -2.02. The van der Waals surface area contributed by atoms with Crippen molar-refractivity contribution in [3.63, 3.8) is 0 Å². The third kappa shape index (κ3) is 1.96. The number of nitrogens with one attached hydrogen (secondary N) is 1. The van der Waals surface area contributed by atoms with Gasteiger partial charge in [0.2, 0.25) is 0 Å². The Hall–Kier alpha value is -1.91. The molecule has 0 amide bonds. The maximum absolute atomic E-state index is 13.4. The number of nitrogen functional groups attached to an aromatic ring is 1. The van der Waals surface area contributed by atoms with Crippen LogP contribution in [0.1, 0.15) is 37.4 Å². The zero-order chi connectivity index (χ0) is 12.5. The predicted molar refractivity (Wildman–Crippen MR) is 67.4 cm³/mol. The number of H-pyrrole nitrogens is 1. The molecule has 1 aliphatic carbocycles. The molecule has 1 saturated carbocycles. The fraction of sp³-hybridized carbons (Fsp3) is 0.385. The summed E-state index contributed by atoms with van der Waals surface area (Å²) in [5.41, 5.74) is 6.25. The summed E-state index contributed by atoms with van der Waals surface area (Å²) in [7, 11) is 0. The van der Waals surface area contributed by atoms with E-state index < -0.39 is 5.82 Å². The summed E-state index contributed by atoms with van der Waals surface area (Å²) in [5, 5.41) is 7.12. The molecule has 1 heterocycles. The second-order valence-electron chi connectivity index (χ2n) is 4.76. The van der Waals surface area contributed by atoms with Crippen LogP contribution in [0, 0.1) is 5.82 Å². The SMILES string of the molecule is Nc1ccc(-c2n[nH]c(C3CCCC3)n2)cc1F. The first-order valence-electron chi connectivity index (χ1n) is 6.22. The maximum atomic E-state index is 13.4. The molecule has 0 saturated heterocycles. The third-order valence-corrected chi connectivity index (χ3v) is 3.50. The quantitative estimate of drug-likeness (QED) is 0.800. The third-order valence-electron chi connectivity index (χ3n) is 3.50. The highest BCUT2D eigenvalue weighted by molar-refractivity contribution is 5.59. The molecule has 0 atom stereocenters. The first kappa shape index (κ1) is 11.2. The van der Waals surface area contributed by atoms with Gasteiger partial charge in [0.25, 0.3) is 0 Å². The van der Waals surface area contributed by atoms with Gasteiger partial charge in [0.15, 0.2) is 5.82 Å². The van der Waals surface area contributed by atoms with E-state index in [1.54, 1.807) is 6.07 Å². The molecule has 94 valence electrons. The molecule has 1 aromatic carbocycles. The zero-order valence-electron chi connectivity index (χ0n) is 9.99. The standard InChI is InChI=1S/C13H15FN4/c14-10-7-9(5-6-11(10)15)13-16-12(17-18-13)8-3-1-2-4-8/h5-8H,1-4,15H2,(H,16,17,18). The Bertz CT molecular complexity index is 558. The highest BCUT2D eigenvalue weighted by Crippen LogP contribution is 2.32.